The van der Waals surface area contributed by atoms with Crippen LogP contribution in [0.15, 0.2) is 27.8 Å². The first-order valence-electron chi connectivity index (χ1n) is 11.7. The molecule has 10 nitrogen and oxygen atoms in total. The minimum absolute atomic E-state index is 0.0512. The summed E-state index contributed by atoms with van der Waals surface area (Å²) in [5, 5.41) is 13.8. The quantitative estimate of drug-likeness (QED) is 0.403. The van der Waals surface area contributed by atoms with Crippen molar-refractivity contribution >= 4 is 33.4 Å². The summed E-state index contributed by atoms with van der Waals surface area (Å²) in [4.78, 5) is 52.8. The Morgan fingerprint density at radius 2 is 1.89 bits per heavy atom. The standard InChI is InChI=1S/C25H30FN3O7S/c1-7-36-24(33)20-13(4)19-22(32)29(14(5)21(31)27-12(2)3)25(34)28(23(19)37-20)11-17(30)16-10-15(26)8-9-18(16)35-6/h8-10,12,14,17,30H,7,11H2,1-6H3,(H,27,31)/t14-,17+/m1/s1. The fourth-order valence-electron chi connectivity index (χ4n) is 4.02. The fraction of sp³-hybridized carbons (Fsp3) is 0.440. The van der Waals surface area contributed by atoms with Crippen LogP contribution in [-0.4, -0.2) is 45.9 Å². The molecule has 12 heteroatoms. The molecule has 2 aromatic heterocycles. The predicted octanol–water partition coefficient (Wildman–Crippen LogP) is 2.68. The van der Waals surface area contributed by atoms with Gasteiger partial charge in [-0.3, -0.25) is 14.2 Å². The van der Waals surface area contributed by atoms with E-state index in [4.69, 9.17) is 9.47 Å². The van der Waals surface area contributed by atoms with Gasteiger partial charge in [-0.15, -0.1) is 11.3 Å². The van der Waals surface area contributed by atoms with Gasteiger partial charge >= 0.3 is 11.7 Å². The summed E-state index contributed by atoms with van der Waals surface area (Å²) in [6, 6.07) is 2.17. The lowest BCUT2D eigenvalue weighted by Crippen LogP contribution is -2.47. The smallest absolute Gasteiger partial charge is 0.348 e. The molecule has 0 aliphatic carbocycles. The SMILES string of the molecule is CCOC(=O)c1sc2c(c1C)c(=O)n([C@H](C)C(=O)NC(C)C)c(=O)n2C[C@H](O)c1cc(F)ccc1OC. The zero-order valence-electron chi connectivity index (χ0n) is 21.5. The highest BCUT2D eigenvalue weighted by Crippen LogP contribution is 2.31. The number of aliphatic hydroxyl groups excluding tert-OH is 1. The summed E-state index contributed by atoms with van der Waals surface area (Å²) in [5.74, 6) is -1.63. The summed E-state index contributed by atoms with van der Waals surface area (Å²) >= 11 is 0.875. The summed E-state index contributed by atoms with van der Waals surface area (Å²) in [7, 11) is 1.36. The van der Waals surface area contributed by atoms with Crippen molar-refractivity contribution in [2.75, 3.05) is 13.7 Å². The van der Waals surface area contributed by atoms with Crippen LogP contribution in [0.1, 0.15) is 60.6 Å². The number of thiophene rings is 1. The molecule has 0 saturated carbocycles. The van der Waals surface area contributed by atoms with Gasteiger partial charge in [0, 0.05) is 11.6 Å². The first-order chi connectivity index (χ1) is 17.4. The van der Waals surface area contributed by atoms with Crippen molar-refractivity contribution in [3.8, 4) is 5.75 Å². The Morgan fingerprint density at radius 1 is 1.22 bits per heavy atom. The molecule has 0 aliphatic rings. The number of hydrogen-bond donors (Lipinski definition) is 2. The number of ether oxygens (including phenoxy) is 2. The number of carbonyl (C=O) groups excluding carboxylic acids is 2. The minimum atomic E-state index is -1.43. The van der Waals surface area contributed by atoms with Crippen LogP contribution in [0.2, 0.25) is 0 Å². The summed E-state index contributed by atoms with van der Waals surface area (Å²) in [6.07, 6.45) is -1.43. The van der Waals surface area contributed by atoms with Crippen LogP contribution in [0, 0.1) is 12.7 Å². The molecule has 1 aromatic carbocycles. The number of aromatic nitrogens is 2. The lowest BCUT2D eigenvalue weighted by atomic mass is 10.1. The average Bonchev–Trinajstić information content (AvgIpc) is 3.18. The number of aliphatic hydroxyl groups is 1. The highest BCUT2D eigenvalue weighted by molar-refractivity contribution is 7.20. The number of halogens is 1. The van der Waals surface area contributed by atoms with Crippen LogP contribution in [0.25, 0.3) is 10.2 Å². The third-order valence-electron chi connectivity index (χ3n) is 5.81. The Morgan fingerprint density at radius 3 is 2.49 bits per heavy atom. The summed E-state index contributed by atoms with van der Waals surface area (Å²) < 4.78 is 26.2. The second kappa shape index (κ2) is 11.3. The van der Waals surface area contributed by atoms with E-state index in [-0.39, 0.29) is 39.1 Å². The topological polar surface area (TPSA) is 129 Å². The molecule has 0 spiro atoms. The van der Waals surface area contributed by atoms with Crippen LogP contribution in [0.5, 0.6) is 5.75 Å². The second-order valence-electron chi connectivity index (χ2n) is 8.77. The molecule has 0 fully saturated rings. The van der Waals surface area contributed by atoms with Gasteiger partial charge in [0.15, 0.2) is 0 Å². The Labute approximate surface area is 216 Å². The predicted molar refractivity (Wildman–Crippen MR) is 137 cm³/mol. The Kier molecular flexibility index (Phi) is 8.54. The monoisotopic (exact) mass is 535 g/mol. The van der Waals surface area contributed by atoms with Crippen molar-refractivity contribution in [2.24, 2.45) is 0 Å². The summed E-state index contributed by atoms with van der Waals surface area (Å²) in [6.45, 7) is 7.79. The normalized spacial score (nSPS) is 13.0. The van der Waals surface area contributed by atoms with Gasteiger partial charge in [-0.05, 0) is 58.4 Å². The van der Waals surface area contributed by atoms with Crippen molar-refractivity contribution in [3.05, 3.63) is 60.9 Å². The van der Waals surface area contributed by atoms with Crippen LogP contribution in [0.4, 0.5) is 4.39 Å². The first kappa shape index (κ1) is 28.1. The van der Waals surface area contributed by atoms with Crippen molar-refractivity contribution in [2.45, 2.75) is 59.4 Å². The average molecular weight is 536 g/mol. The van der Waals surface area contributed by atoms with Gasteiger partial charge in [0.25, 0.3) is 5.56 Å². The number of hydrogen-bond acceptors (Lipinski definition) is 8. The van der Waals surface area contributed by atoms with E-state index in [0.717, 1.165) is 26.5 Å². The van der Waals surface area contributed by atoms with Crippen molar-refractivity contribution in [3.63, 3.8) is 0 Å². The van der Waals surface area contributed by atoms with Gasteiger partial charge in [0.2, 0.25) is 5.91 Å². The van der Waals surface area contributed by atoms with E-state index in [1.54, 1.807) is 27.7 Å². The number of aryl methyl sites for hydroxylation is 1. The van der Waals surface area contributed by atoms with E-state index in [1.807, 2.05) is 0 Å². The maximum atomic E-state index is 14.0. The van der Waals surface area contributed by atoms with Gasteiger partial charge in [-0.2, -0.15) is 0 Å². The van der Waals surface area contributed by atoms with E-state index < -0.39 is 47.6 Å². The molecule has 0 bridgehead atoms. The first-order valence-corrected chi connectivity index (χ1v) is 12.5. The molecule has 1 amide bonds. The molecule has 3 aromatic rings. The maximum absolute atomic E-state index is 14.0. The van der Waals surface area contributed by atoms with E-state index in [1.165, 1.54) is 26.2 Å². The highest BCUT2D eigenvalue weighted by Gasteiger charge is 2.29. The number of carbonyl (C=O) groups is 2. The number of benzene rings is 1. The van der Waals surface area contributed by atoms with E-state index in [2.05, 4.69) is 5.32 Å². The molecule has 0 radical (unpaired) electrons. The largest absolute Gasteiger partial charge is 0.496 e. The number of amides is 1. The van der Waals surface area contributed by atoms with E-state index >= 15 is 0 Å². The fourth-order valence-corrected chi connectivity index (χ4v) is 5.21. The van der Waals surface area contributed by atoms with Crippen molar-refractivity contribution in [1.29, 1.82) is 0 Å². The second-order valence-corrected chi connectivity index (χ2v) is 9.77. The third-order valence-corrected chi connectivity index (χ3v) is 7.10. The Bertz CT molecular complexity index is 1460. The molecule has 0 aliphatic heterocycles. The molecule has 2 N–H and O–H groups in total. The number of rotatable bonds is 9. The molecular formula is C25H30FN3O7S. The number of methoxy groups -OCH3 is 1. The van der Waals surface area contributed by atoms with E-state index in [0.29, 0.717) is 5.56 Å². The molecule has 37 heavy (non-hydrogen) atoms. The minimum Gasteiger partial charge on any atom is -0.496 e. The Balaban J connectivity index is 2.30. The Hall–Kier alpha value is -3.51. The van der Waals surface area contributed by atoms with Gasteiger partial charge in [0.05, 0.1) is 25.6 Å². The van der Waals surface area contributed by atoms with Crippen molar-refractivity contribution in [1.82, 2.24) is 14.5 Å². The molecule has 0 saturated heterocycles. The molecule has 2 heterocycles. The van der Waals surface area contributed by atoms with Crippen LogP contribution in [0.3, 0.4) is 0 Å². The van der Waals surface area contributed by atoms with Crippen LogP contribution in [-0.2, 0) is 16.1 Å². The zero-order valence-corrected chi connectivity index (χ0v) is 22.3. The number of nitrogens with zero attached hydrogens (tertiary/aromatic N) is 2. The number of esters is 1. The van der Waals surface area contributed by atoms with E-state index in [9.17, 15) is 28.7 Å². The molecule has 200 valence electrons. The summed E-state index contributed by atoms with van der Waals surface area (Å²) in [5.41, 5.74) is -1.23. The van der Waals surface area contributed by atoms with Gasteiger partial charge in [-0.1, -0.05) is 0 Å². The molecule has 2 atom stereocenters. The number of fused-ring (bicyclic) bond motifs is 1. The molecule has 3 rings (SSSR count). The molecule has 0 unspecified atom stereocenters. The third kappa shape index (κ3) is 5.44. The maximum Gasteiger partial charge on any atom is 0.348 e. The lowest BCUT2D eigenvalue weighted by Gasteiger charge is -2.20. The lowest BCUT2D eigenvalue weighted by molar-refractivity contribution is -0.124. The van der Waals surface area contributed by atoms with Gasteiger partial charge < -0.3 is 19.9 Å². The van der Waals surface area contributed by atoms with Crippen molar-refractivity contribution < 1.29 is 28.6 Å². The molecular weight excluding hydrogens is 505 g/mol. The van der Waals surface area contributed by atoms with Crippen LogP contribution >= 0.6 is 11.3 Å². The zero-order chi connectivity index (χ0) is 27.6. The van der Waals surface area contributed by atoms with Gasteiger partial charge in [0.1, 0.15) is 33.4 Å². The van der Waals surface area contributed by atoms with Gasteiger partial charge in [-0.25, -0.2) is 18.5 Å². The van der Waals surface area contributed by atoms with Crippen LogP contribution < -0.4 is 21.3 Å². The highest BCUT2D eigenvalue weighted by atomic mass is 32.1. The number of nitrogens with one attached hydrogen (secondary N) is 1.